The van der Waals surface area contributed by atoms with Gasteiger partial charge in [-0.3, -0.25) is 4.79 Å². The van der Waals surface area contributed by atoms with Crippen LogP contribution in [0.1, 0.15) is 23.2 Å². The van der Waals surface area contributed by atoms with Crippen LogP contribution >= 0.6 is 0 Å². The zero-order valence-electron chi connectivity index (χ0n) is 10.0. The minimum atomic E-state index is -0.635. The van der Waals surface area contributed by atoms with E-state index in [2.05, 4.69) is 10.1 Å². The van der Waals surface area contributed by atoms with Crippen LogP contribution in [-0.4, -0.2) is 25.5 Å². The molecule has 1 aromatic carbocycles. The first-order valence-corrected chi connectivity index (χ1v) is 5.46. The number of carbonyl (C=O) groups excluding carboxylic acids is 2. The summed E-state index contributed by atoms with van der Waals surface area (Å²) in [7, 11) is 1.21. The lowest BCUT2D eigenvalue weighted by Gasteiger charge is -2.09. The number of halogens is 1. The Kier molecular flexibility index (Phi) is 5.26. The number of rotatable bonds is 5. The van der Waals surface area contributed by atoms with Crippen LogP contribution in [0, 0.1) is 5.82 Å². The summed E-state index contributed by atoms with van der Waals surface area (Å²) >= 11 is 0. The average Bonchev–Trinajstić information content (AvgIpc) is 2.35. The predicted octanol–water partition coefficient (Wildman–Crippen LogP) is 1.29. The van der Waals surface area contributed by atoms with Crippen LogP contribution in [0.5, 0.6) is 0 Å². The van der Waals surface area contributed by atoms with E-state index in [1.54, 1.807) is 0 Å². The van der Waals surface area contributed by atoms with E-state index in [1.807, 2.05) is 0 Å². The molecule has 0 aliphatic rings. The van der Waals surface area contributed by atoms with Crippen molar-refractivity contribution >= 4 is 17.6 Å². The molecule has 0 heterocycles. The summed E-state index contributed by atoms with van der Waals surface area (Å²) in [6.07, 6.45) is 0.738. The summed E-state index contributed by atoms with van der Waals surface area (Å²) < 4.78 is 17.6. The van der Waals surface area contributed by atoms with E-state index in [9.17, 15) is 14.0 Å². The monoisotopic (exact) mass is 254 g/mol. The predicted molar refractivity (Wildman–Crippen MR) is 64.7 cm³/mol. The summed E-state index contributed by atoms with van der Waals surface area (Å²) in [6, 6.07) is 3.47. The van der Waals surface area contributed by atoms with Crippen LogP contribution < -0.4 is 11.1 Å². The minimum absolute atomic E-state index is 0.101. The molecule has 0 saturated carbocycles. The molecule has 0 fully saturated rings. The average molecular weight is 254 g/mol. The number of hydrogen-bond acceptors (Lipinski definition) is 4. The Morgan fingerprint density at radius 1 is 1.44 bits per heavy atom. The lowest BCUT2D eigenvalue weighted by molar-refractivity contribution is -0.116. The van der Waals surface area contributed by atoms with Crippen LogP contribution in [-0.2, 0) is 9.53 Å². The Balaban J connectivity index is 2.88. The molecule has 0 aliphatic heterocycles. The number of carbonyl (C=O) groups is 2. The number of nitrogens with one attached hydrogen (secondary N) is 1. The van der Waals surface area contributed by atoms with Crippen molar-refractivity contribution < 1.29 is 18.7 Å². The van der Waals surface area contributed by atoms with Gasteiger partial charge in [-0.15, -0.1) is 0 Å². The number of benzene rings is 1. The van der Waals surface area contributed by atoms with Gasteiger partial charge in [-0.25, -0.2) is 9.18 Å². The van der Waals surface area contributed by atoms with Crippen LogP contribution in [0.25, 0.3) is 0 Å². The summed E-state index contributed by atoms with van der Waals surface area (Å²) in [6.45, 7) is 0.389. The molecule has 5 nitrogen and oxygen atoms in total. The second-order valence-corrected chi connectivity index (χ2v) is 3.62. The molecule has 0 unspecified atom stereocenters. The third-order valence-electron chi connectivity index (χ3n) is 2.27. The van der Waals surface area contributed by atoms with Crippen molar-refractivity contribution in [1.29, 1.82) is 0 Å². The van der Waals surface area contributed by atoms with E-state index in [0.29, 0.717) is 13.0 Å². The van der Waals surface area contributed by atoms with Crippen LogP contribution in [0.4, 0.5) is 10.1 Å². The lowest BCUT2D eigenvalue weighted by atomic mass is 10.1. The molecule has 0 bridgehead atoms. The molecule has 0 saturated heterocycles. The van der Waals surface area contributed by atoms with Crippen molar-refractivity contribution in [1.82, 2.24) is 0 Å². The highest BCUT2D eigenvalue weighted by Gasteiger charge is 2.14. The fourth-order valence-corrected chi connectivity index (χ4v) is 1.38. The highest BCUT2D eigenvalue weighted by Crippen LogP contribution is 2.18. The molecule has 6 heteroatoms. The lowest BCUT2D eigenvalue weighted by Crippen LogP contribution is -2.16. The van der Waals surface area contributed by atoms with Gasteiger partial charge in [-0.1, -0.05) is 0 Å². The maximum absolute atomic E-state index is 13.1. The smallest absolute Gasteiger partial charge is 0.339 e. The van der Waals surface area contributed by atoms with E-state index < -0.39 is 11.8 Å². The maximum Gasteiger partial charge on any atom is 0.339 e. The quantitative estimate of drug-likeness (QED) is 0.776. The SMILES string of the molecule is COC(=O)c1ccc(F)cc1NC(=O)CCCN. The van der Waals surface area contributed by atoms with Gasteiger partial charge in [0, 0.05) is 6.42 Å². The van der Waals surface area contributed by atoms with Crippen LogP contribution in [0.3, 0.4) is 0 Å². The van der Waals surface area contributed by atoms with Gasteiger partial charge in [0.15, 0.2) is 0 Å². The van der Waals surface area contributed by atoms with Crippen molar-refractivity contribution in [3.8, 4) is 0 Å². The zero-order chi connectivity index (χ0) is 13.5. The van der Waals surface area contributed by atoms with Crippen molar-refractivity contribution in [2.24, 2.45) is 5.73 Å². The Morgan fingerprint density at radius 3 is 2.78 bits per heavy atom. The molecule has 1 rings (SSSR count). The summed E-state index contributed by atoms with van der Waals surface area (Å²) in [5, 5.41) is 2.47. The van der Waals surface area contributed by atoms with E-state index in [4.69, 9.17) is 5.73 Å². The molecule has 0 atom stereocenters. The second-order valence-electron chi connectivity index (χ2n) is 3.62. The van der Waals surface area contributed by atoms with Gasteiger partial charge in [0.2, 0.25) is 5.91 Å². The molecule has 3 N–H and O–H groups in total. The zero-order valence-corrected chi connectivity index (χ0v) is 10.0. The first-order valence-electron chi connectivity index (χ1n) is 5.46. The molecule has 0 radical (unpaired) electrons. The van der Waals surface area contributed by atoms with Crippen LogP contribution in [0.2, 0.25) is 0 Å². The molecule has 98 valence electrons. The number of esters is 1. The molecule has 0 aromatic heterocycles. The Labute approximate surface area is 104 Å². The standard InChI is InChI=1S/C12H15FN2O3/c1-18-12(17)9-5-4-8(13)7-10(9)15-11(16)3-2-6-14/h4-5,7H,2-3,6,14H2,1H3,(H,15,16). The van der Waals surface area contributed by atoms with Crippen molar-refractivity contribution in [3.63, 3.8) is 0 Å². The van der Waals surface area contributed by atoms with Crippen molar-refractivity contribution in [2.75, 3.05) is 19.0 Å². The highest BCUT2D eigenvalue weighted by molar-refractivity contribution is 6.01. The Hall–Kier alpha value is -1.95. The summed E-state index contributed by atoms with van der Waals surface area (Å²) in [4.78, 5) is 22.9. The molecule has 0 aliphatic carbocycles. The first-order chi connectivity index (χ1) is 8.58. The molecular weight excluding hydrogens is 239 g/mol. The van der Waals surface area contributed by atoms with Gasteiger partial charge in [0.25, 0.3) is 0 Å². The van der Waals surface area contributed by atoms with Gasteiger partial charge in [0.1, 0.15) is 5.82 Å². The highest BCUT2D eigenvalue weighted by atomic mass is 19.1. The van der Waals surface area contributed by atoms with Gasteiger partial charge >= 0.3 is 5.97 Å². The van der Waals surface area contributed by atoms with E-state index in [-0.39, 0.29) is 23.6 Å². The topological polar surface area (TPSA) is 81.4 Å². The van der Waals surface area contributed by atoms with Crippen molar-refractivity contribution in [2.45, 2.75) is 12.8 Å². The molecule has 18 heavy (non-hydrogen) atoms. The van der Waals surface area contributed by atoms with Gasteiger partial charge in [0.05, 0.1) is 18.4 Å². The first kappa shape index (κ1) is 14.1. The largest absolute Gasteiger partial charge is 0.465 e. The normalized spacial score (nSPS) is 9.94. The van der Waals surface area contributed by atoms with Crippen molar-refractivity contribution in [3.05, 3.63) is 29.6 Å². The number of nitrogens with two attached hydrogens (primary N) is 1. The number of methoxy groups -OCH3 is 1. The molecule has 0 spiro atoms. The Bertz CT molecular complexity index is 449. The van der Waals surface area contributed by atoms with Gasteiger partial charge in [-0.05, 0) is 31.2 Å². The fraction of sp³-hybridized carbons (Fsp3) is 0.333. The van der Waals surface area contributed by atoms with Gasteiger partial charge < -0.3 is 15.8 Å². The summed E-state index contributed by atoms with van der Waals surface area (Å²) in [5.41, 5.74) is 5.49. The molecule has 1 aromatic rings. The molecule has 1 amide bonds. The van der Waals surface area contributed by atoms with Crippen LogP contribution in [0.15, 0.2) is 18.2 Å². The number of hydrogen-bond donors (Lipinski definition) is 2. The Morgan fingerprint density at radius 2 is 2.17 bits per heavy atom. The van der Waals surface area contributed by atoms with E-state index in [1.165, 1.54) is 13.2 Å². The third kappa shape index (κ3) is 3.81. The number of anilines is 1. The fourth-order valence-electron chi connectivity index (χ4n) is 1.38. The number of ether oxygens (including phenoxy) is 1. The van der Waals surface area contributed by atoms with Gasteiger partial charge in [-0.2, -0.15) is 0 Å². The van der Waals surface area contributed by atoms with E-state index in [0.717, 1.165) is 12.1 Å². The summed E-state index contributed by atoms with van der Waals surface area (Å²) in [5.74, 6) is -1.50. The second kappa shape index (κ2) is 6.70. The maximum atomic E-state index is 13.1. The minimum Gasteiger partial charge on any atom is -0.465 e. The third-order valence-corrected chi connectivity index (χ3v) is 2.27. The molecular formula is C12H15FN2O3. The van der Waals surface area contributed by atoms with E-state index >= 15 is 0 Å². The number of amides is 1.